The maximum atomic E-state index is 12.9. The van der Waals surface area contributed by atoms with Crippen molar-refractivity contribution in [2.24, 2.45) is 0 Å². The van der Waals surface area contributed by atoms with Crippen LogP contribution in [0.5, 0.6) is 0 Å². The number of ether oxygens (including phenoxy) is 3. The lowest BCUT2D eigenvalue weighted by Crippen LogP contribution is -2.46. The maximum absolute atomic E-state index is 12.9. The van der Waals surface area contributed by atoms with E-state index < -0.39 is 36.6 Å². The summed E-state index contributed by atoms with van der Waals surface area (Å²) in [5.74, 6) is -1.87. The van der Waals surface area contributed by atoms with E-state index in [-0.39, 0.29) is 19.6 Å². The first kappa shape index (κ1) is 25.9. The molecule has 2 amide bonds. The van der Waals surface area contributed by atoms with Crippen molar-refractivity contribution in [1.29, 1.82) is 0 Å². The number of carbonyl (C=O) groups is 2. The van der Waals surface area contributed by atoms with Gasteiger partial charge in [-0.25, -0.2) is 4.79 Å². The van der Waals surface area contributed by atoms with Gasteiger partial charge in [-0.1, -0.05) is 54.6 Å². The smallest absolute Gasteiger partial charge is 0.457 e. The molecule has 0 aliphatic carbocycles. The molecule has 7 nitrogen and oxygen atoms in total. The van der Waals surface area contributed by atoms with E-state index in [9.17, 15) is 22.8 Å². The predicted molar refractivity (Wildman–Crippen MR) is 121 cm³/mol. The molecule has 0 saturated carbocycles. The molecule has 1 heterocycles. The molecule has 188 valence electrons. The molecule has 3 rings (SSSR count). The van der Waals surface area contributed by atoms with Gasteiger partial charge in [-0.3, -0.25) is 4.79 Å². The van der Waals surface area contributed by atoms with E-state index in [4.69, 9.17) is 14.2 Å². The average Bonchev–Trinajstić information content (AvgIpc) is 3.36. The molecule has 0 spiro atoms. The molecule has 2 aromatic carbocycles. The second-order valence-corrected chi connectivity index (χ2v) is 7.98. The van der Waals surface area contributed by atoms with Crippen LogP contribution in [0.1, 0.15) is 36.6 Å². The Morgan fingerprint density at radius 2 is 1.71 bits per heavy atom. The van der Waals surface area contributed by atoms with Crippen LogP contribution in [-0.4, -0.2) is 42.0 Å². The highest BCUT2D eigenvalue weighted by Crippen LogP contribution is 2.26. The molecule has 10 heteroatoms. The maximum Gasteiger partial charge on any atom is 0.471 e. The van der Waals surface area contributed by atoms with Gasteiger partial charge in [0.15, 0.2) is 0 Å². The first-order valence-corrected chi connectivity index (χ1v) is 11.1. The molecule has 0 bridgehead atoms. The molecule has 0 radical (unpaired) electrons. The summed E-state index contributed by atoms with van der Waals surface area (Å²) in [7, 11) is 0. The van der Waals surface area contributed by atoms with Gasteiger partial charge in [0.05, 0.1) is 0 Å². The number of nitrogens with zero attached hydrogens (tertiary/aromatic N) is 1. The van der Waals surface area contributed by atoms with Crippen LogP contribution >= 0.6 is 0 Å². The lowest BCUT2D eigenvalue weighted by molar-refractivity contribution is -0.187. The van der Waals surface area contributed by atoms with Gasteiger partial charge in [0, 0.05) is 12.6 Å². The highest BCUT2D eigenvalue weighted by atomic mass is 19.4. The Bertz CT molecular complexity index is 1020. The number of hydrogen-bond donors (Lipinski definition) is 1. The average molecular weight is 492 g/mol. The largest absolute Gasteiger partial charge is 0.471 e. The van der Waals surface area contributed by atoms with E-state index in [1.54, 1.807) is 31.2 Å². The van der Waals surface area contributed by atoms with Crippen LogP contribution in [0.15, 0.2) is 67.1 Å². The van der Waals surface area contributed by atoms with Crippen molar-refractivity contribution in [1.82, 2.24) is 10.2 Å². The highest BCUT2D eigenvalue weighted by molar-refractivity contribution is 5.82. The standard InChI is InChI=1S/C25H27F3N2O5/c1-3-30(23(31)25(26,27)28)17(2)14-19-10-7-11-20(15-19)21(22-33-12-13-34-22)29-24(32)35-16-18-8-5-4-6-9-18/h4-13,15,17,21-22H,3,14,16H2,1-2H3,(H,29,32). The second kappa shape index (κ2) is 11.6. The first-order chi connectivity index (χ1) is 16.7. The first-order valence-electron chi connectivity index (χ1n) is 11.1. The van der Waals surface area contributed by atoms with Crippen molar-refractivity contribution in [2.45, 2.75) is 51.4 Å². The van der Waals surface area contributed by atoms with Gasteiger partial charge in [0.2, 0.25) is 0 Å². The Hall–Kier alpha value is -3.69. The van der Waals surface area contributed by atoms with Gasteiger partial charge in [-0.2, -0.15) is 13.2 Å². The fraction of sp³-hybridized carbons (Fsp3) is 0.360. The van der Waals surface area contributed by atoms with Crippen LogP contribution in [0.25, 0.3) is 0 Å². The SMILES string of the molecule is CCN(C(=O)C(F)(F)F)C(C)Cc1cccc(C(NC(=O)OCc2ccccc2)C2OC=CO2)c1. The highest BCUT2D eigenvalue weighted by Gasteiger charge is 2.43. The molecule has 2 unspecified atom stereocenters. The van der Waals surface area contributed by atoms with Crippen LogP contribution in [0.2, 0.25) is 0 Å². The zero-order valence-electron chi connectivity index (χ0n) is 19.3. The summed E-state index contributed by atoms with van der Waals surface area (Å²) >= 11 is 0. The van der Waals surface area contributed by atoms with Gasteiger partial charge in [0.25, 0.3) is 6.29 Å². The Morgan fingerprint density at radius 1 is 1.06 bits per heavy atom. The molecule has 1 aliphatic heterocycles. The molecule has 0 fully saturated rings. The van der Waals surface area contributed by atoms with Gasteiger partial charge < -0.3 is 24.4 Å². The normalized spacial score (nSPS) is 15.0. The second-order valence-electron chi connectivity index (χ2n) is 7.98. The van der Waals surface area contributed by atoms with E-state index in [1.165, 1.54) is 19.4 Å². The summed E-state index contributed by atoms with van der Waals surface area (Å²) < 4.78 is 55.0. The number of alkyl carbamates (subject to hydrolysis) is 1. The molecular formula is C25H27F3N2O5. The number of hydrogen-bond acceptors (Lipinski definition) is 5. The van der Waals surface area contributed by atoms with E-state index in [0.717, 1.165) is 10.5 Å². The molecule has 2 aromatic rings. The molecule has 0 aromatic heterocycles. The lowest BCUT2D eigenvalue weighted by Gasteiger charge is -2.29. The number of likely N-dealkylation sites (N-methyl/N-ethyl adjacent to an activating group) is 1. The molecule has 1 aliphatic rings. The van der Waals surface area contributed by atoms with Crippen LogP contribution in [-0.2, 0) is 32.0 Å². The Morgan fingerprint density at radius 3 is 2.34 bits per heavy atom. The van der Waals surface area contributed by atoms with Crippen LogP contribution < -0.4 is 5.32 Å². The van der Waals surface area contributed by atoms with Crippen molar-refractivity contribution in [3.63, 3.8) is 0 Å². The monoisotopic (exact) mass is 492 g/mol. The molecule has 0 saturated heterocycles. The third-order valence-electron chi connectivity index (χ3n) is 5.46. The number of rotatable bonds is 9. The number of carbonyl (C=O) groups excluding carboxylic acids is 2. The Kier molecular flexibility index (Phi) is 8.62. The predicted octanol–water partition coefficient (Wildman–Crippen LogP) is 4.84. The molecule has 2 atom stereocenters. The third kappa shape index (κ3) is 7.14. The number of amides is 2. The molecular weight excluding hydrogens is 465 g/mol. The van der Waals surface area contributed by atoms with Crippen molar-refractivity contribution in [3.8, 4) is 0 Å². The molecule has 35 heavy (non-hydrogen) atoms. The minimum Gasteiger partial charge on any atom is -0.457 e. The van der Waals surface area contributed by atoms with E-state index in [0.29, 0.717) is 11.1 Å². The summed E-state index contributed by atoms with van der Waals surface area (Å²) in [6.07, 6.45) is -3.61. The van der Waals surface area contributed by atoms with Crippen molar-refractivity contribution in [3.05, 3.63) is 83.8 Å². The minimum absolute atomic E-state index is 0.0711. The summed E-state index contributed by atoms with van der Waals surface area (Å²) in [5.41, 5.74) is 2.10. The summed E-state index contributed by atoms with van der Waals surface area (Å²) in [6, 6.07) is 14.6. The van der Waals surface area contributed by atoms with Crippen LogP contribution in [0, 0.1) is 0 Å². The summed E-state index contributed by atoms with van der Waals surface area (Å²) in [4.78, 5) is 25.1. The quantitative estimate of drug-likeness (QED) is 0.542. The van der Waals surface area contributed by atoms with Gasteiger partial charge >= 0.3 is 18.2 Å². The Labute approximate surface area is 201 Å². The topological polar surface area (TPSA) is 77.1 Å². The van der Waals surface area contributed by atoms with E-state index in [2.05, 4.69) is 5.32 Å². The fourth-order valence-electron chi connectivity index (χ4n) is 3.79. The van der Waals surface area contributed by atoms with Crippen molar-refractivity contribution >= 4 is 12.0 Å². The number of benzene rings is 2. The van der Waals surface area contributed by atoms with Crippen molar-refractivity contribution in [2.75, 3.05) is 6.54 Å². The lowest BCUT2D eigenvalue weighted by atomic mass is 9.99. The van der Waals surface area contributed by atoms with E-state index >= 15 is 0 Å². The minimum atomic E-state index is -4.94. The fourth-order valence-corrected chi connectivity index (χ4v) is 3.79. The van der Waals surface area contributed by atoms with Gasteiger partial charge in [-0.15, -0.1) is 0 Å². The summed E-state index contributed by atoms with van der Waals surface area (Å²) in [5, 5.41) is 2.73. The zero-order valence-corrected chi connectivity index (χ0v) is 19.3. The van der Waals surface area contributed by atoms with Gasteiger partial charge in [-0.05, 0) is 37.0 Å². The van der Waals surface area contributed by atoms with Crippen molar-refractivity contribution < 1.29 is 37.0 Å². The number of alkyl halides is 3. The van der Waals surface area contributed by atoms with Crippen LogP contribution in [0.4, 0.5) is 18.0 Å². The third-order valence-corrected chi connectivity index (χ3v) is 5.46. The number of halogens is 3. The van der Waals surface area contributed by atoms with Crippen LogP contribution in [0.3, 0.4) is 0 Å². The summed E-state index contributed by atoms with van der Waals surface area (Å²) in [6.45, 7) is 3.05. The number of nitrogens with one attached hydrogen (secondary N) is 1. The Balaban J connectivity index is 1.72. The van der Waals surface area contributed by atoms with Gasteiger partial charge in [0.1, 0.15) is 25.2 Å². The molecule has 1 N–H and O–H groups in total. The zero-order chi connectivity index (χ0) is 25.4. The van der Waals surface area contributed by atoms with E-state index in [1.807, 2.05) is 30.3 Å².